The van der Waals surface area contributed by atoms with Gasteiger partial charge in [0, 0.05) is 46.9 Å². The van der Waals surface area contributed by atoms with Crippen molar-refractivity contribution in [1.82, 2.24) is 4.98 Å². The second kappa shape index (κ2) is 8.03. The van der Waals surface area contributed by atoms with E-state index in [2.05, 4.69) is 90.8 Å². The summed E-state index contributed by atoms with van der Waals surface area (Å²) < 4.78 is 5.30. The Hall–Kier alpha value is -3.59. The lowest BCUT2D eigenvalue weighted by Crippen LogP contribution is -2.21. The standard InChI is InChI=1S/C27H26N2O/c1-18-9-8-10-22(13-18)16-29-17-25(21(4)24-11-6-7-12-26(24)29)20(3)23-14-19(2)27(30-5)28-15-23/h6-15,17H,3-4,16H2,1-2,5H3. The Morgan fingerprint density at radius 1 is 1.07 bits per heavy atom. The van der Waals surface area contributed by atoms with Gasteiger partial charge in [0.15, 0.2) is 0 Å². The Morgan fingerprint density at radius 2 is 1.87 bits per heavy atom. The molecule has 0 amide bonds. The first-order valence-electron chi connectivity index (χ1n) is 10.0. The molecule has 4 rings (SSSR count). The molecule has 1 aliphatic heterocycles. The smallest absolute Gasteiger partial charge is 0.215 e. The minimum atomic E-state index is 0.634. The van der Waals surface area contributed by atoms with Crippen LogP contribution in [0.2, 0.25) is 0 Å². The first-order valence-corrected chi connectivity index (χ1v) is 10.0. The Labute approximate surface area is 178 Å². The molecule has 0 aliphatic carbocycles. The second-order valence-electron chi connectivity index (χ2n) is 7.68. The van der Waals surface area contributed by atoms with Crippen LogP contribution in [0.25, 0.3) is 11.1 Å². The number of fused-ring (bicyclic) bond motifs is 1. The number of aromatic nitrogens is 1. The van der Waals surface area contributed by atoms with E-state index in [1.165, 1.54) is 11.1 Å². The van der Waals surface area contributed by atoms with Crippen LogP contribution < -0.4 is 9.64 Å². The van der Waals surface area contributed by atoms with E-state index in [-0.39, 0.29) is 0 Å². The highest BCUT2D eigenvalue weighted by atomic mass is 16.5. The summed E-state index contributed by atoms with van der Waals surface area (Å²) in [4.78, 5) is 6.71. The predicted molar refractivity (Wildman–Crippen MR) is 125 cm³/mol. The summed E-state index contributed by atoms with van der Waals surface area (Å²) in [6.45, 7) is 13.7. The number of rotatable bonds is 5. The number of para-hydroxylation sites is 1. The third kappa shape index (κ3) is 3.67. The van der Waals surface area contributed by atoms with Crippen molar-refractivity contribution in [1.29, 1.82) is 0 Å². The van der Waals surface area contributed by atoms with E-state index in [0.29, 0.717) is 5.88 Å². The van der Waals surface area contributed by atoms with Crippen LogP contribution in [0, 0.1) is 13.8 Å². The van der Waals surface area contributed by atoms with Crippen molar-refractivity contribution in [3.63, 3.8) is 0 Å². The number of methoxy groups -OCH3 is 1. The number of allylic oxidation sites excluding steroid dienone is 3. The number of hydrogen-bond acceptors (Lipinski definition) is 3. The molecule has 0 N–H and O–H groups in total. The fourth-order valence-electron chi connectivity index (χ4n) is 3.92. The molecule has 2 aromatic carbocycles. The molecule has 150 valence electrons. The molecule has 1 aliphatic rings. The van der Waals surface area contributed by atoms with Crippen LogP contribution in [0.3, 0.4) is 0 Å². The highest BCUT2D eigenvalue weighted by Gasteiger charge is 2.23. The summed E-state index contributed by atoms with van der Waals surface area (Å²) in [5.41, 5.74) is 9.66. The third-order valence-corrected chi connectivity index (χ3v) is 5.48. The monoisotopic (exact) mass is 394 g/mol. The normalized spacial score (nSPS) is 13.0. The molecule has 0 saturated heterocycles. The lowest BCUT2D eigenvalue weighted by atomic mass is 9.87. The zero-order chi connectivity index (χ0) is 21.3. The van der Waals surface area contributed by atoms with Gasteiger partial charge in [0.2, 0.25) is 5.88 Å². The molecule has 3 heteroatoms. The van der Waals surface area contributed by atoms with Gasteiger partial charge in [-0.15, -0.1) is 0 Å². The van der Waals surface area contributed by atoms with Crippen molar-refractivity contribution < 1.29 is 4.74 Å². The summed E-state index contributed by atoms with van der Waals surface area (Å²) in [5, 5.41) is 0. The highest BCUT2D eigenvalue weighted by molar-refractivity contribution is 6.01. The topological polar surface area (TPSA) is 25.4 Å². The van der Waals surface area contributed by atoms with E-state index >= 15 is 0 Å². The Balaban J connectivity index is 1.75. The molecule has 0 unspecified atom stereocenters. The molecule has 3 aromatic rings. The van der Waals surface area contributed by atoms with E-state index < -0.39 is 0 Å². The first kappa shape index (κ1) is 19.7. The number of hydrogen-bond donors (Lipinski definition) is 0. The Kier molecular flexibility index (Phi) is 5.28. The first-order chi connectivity index (χ1) is 14.5. The molecule has 0 bridgehead atoms. The largest absolute Gasteiger partial charge is 0.481 e. The number of pyridine rings is 1. The molecule has 30 heavy (non-hydrogen) atoms. The van der Waals surface area contributed by atoms with E-state index in [0.717, 1.165) is 45.6 Å². The maximum absolute atomic E-state index is 5.30. The van der Waals surface area contributed by atoms with Crippen molar-refractivity contribution in [3.8, 4) is 5.88 Å². The van der Waals surface area contributed by atoms with Gasteiger partial charge in [-0.1, -0.05) is 61.2 Å². The minimum Gasteiger partial charge on any atom is -0.481 e. The molecule has 0 atom stereocenters. The average Bonchev–Trinajstić information content (AvgIpc) is 2.75. The summed E-state index contributed by atoms with van der Waals surface area (Å²) in [6.07, 6.45) is 3.97. The lowest BCUT2D eigenvalue weighted by molar-refractivity contribution is 0.394. The summed E-state index contributed by atoms with van der Waals surface area (Å²) in [5.74, 6) is 0.634. The quantitative estimate of drug-likeness (QED) is 0.505. The molecule has 0 radical (unpaired) electrons. The van der Waals surface area contributed by atoms with Crippen molar-refractivity contribution in [2.75, 3.05) is 12.0 Å². The Bertz CT molecular complexity index is 1170. The number of aryl methyl sites for hydroxylation is 2. The van der Waals surface area contributed by atoms with E-state index in [1.54, 1.807) is 7.11 Å². The molecule has 1 aromatic heterocycles. The summed E-state index contributed by atoms with van der Waals surface area (Å²) in [7, 11) is 1.63. The van der Waals surface area contributed by atoms with Gasteiger partial charge in [0.1, 0.15) is 0 Å². The van der Waals surface area contributed by atoms with Crippen LogP contribution in [-0.2, 0) is 6.54 Å². The van der Waals surface area contributed by atoms with Crippen LogP contribution in [0.1, 0.15) is 27.8 Å². The van der Waals surface area contributed by atoms with Gasteiger partial charge < -0.3 is 9.64 Å². The molecule has 0 saturated carbocycles. The fourth-order valence-corrected chi connectivity index (χ4v) is 3.92. The highest BCUT2D eigenvalue weighted by Crippen LogP contribution is 2.41. The fraction of sp³-hybridized carbons (Fsp3) is 0.148. The van der Waals surface area contributed by atoms with Crippen molar-refractivity contribution in [3.05, 3.63) is 114 Å². The summed E-state index contributed by atoms with van der Waals surface area (Å²) in [6, 6.07) is 19.1. The van der Waals surface area contributed by atoms with Gasteiger partial charge in [0.25, 0.3) is 0 Å². The van der Waals surface area contributed by atoms with Gasteiger partial charge in [-0.25, -0.2) is 4.98 Å². The second-order valence-corrected chi connectivity index (χ2v) is 7.68. The molecular weight excluding hydrogens is 368 g/mol. The number of nitrogens with zero attached hydrogens (tertiary/aromatic N) is 2. The maximum atomic E-state index is 5.30. The van der Waals surface area contributed by atoms with Gasteiger partial charge in [-0.3, -0.25) is 0 Å². The van der Waals surface area contributed by atoms with Gasteiger partial charge in [-0.05, 0) is 42.7 Å². The zero-order valence-electron chi connectivity index (χ0n) is 17.8. The molecule has 2 heterocycles. The van der Waals surface area contributed by atoms with E-state index in [9.17, 15) is 0 Å². The molecular formula is C27H26N2O. The number of anilines is 1. The molecule has 0 spiro atoms. The molecule has 0 fully saturated rings. The Morgan fingerprint density at radius 3 is 2.60 bits per heavy atom. The predicted octanol–water partition coefficient (Wildman–Crippen LogP) is 6.34. The van der Waals surface area contributed by atoms with E-state index in [1.807, 2.05) is 13.1 Å². The van der Waals surface area contributed by atoms with Crippen LogP contribution in [0.4, 0.5) is 5.69 Å². The van der Waals surface area contributed by atoms with Gasteiger partial charge in [0.05, 0.1) is 7.11 Å². The SMILES string of the molecule is C=C(C1=CN(Cc2cccc(C)c2)c2ccccc2C1=C)c1cnc(OC)c(C)c1. The zero-order valence-corrected chi connectivity index (χ0v) is 17.8. The van der Waals surface area contributed by atoms with Crippen LogP contribution in [0.5, 0.6) is 5.88 Å². The minimum absolute atomic E-state index is 0.634. The van der Waals surface area contributed by atoms with Gasteiger partial charge >= 0.3 is 0 Å². The van der Waals surface area contributed by atoms with Crippen molar-refractivity contribution in [2.45, 2.75) is 20.4 Å². The molecule has 3 nitrogen and oxygen atoms in total. The van der Waals surface area contributed by atoms with Crippen LogP contribution in [-0.4, -0.2) is 12.1 Å². The third-order valence-electron chi connectivity index (χ3n) is 5.48. The van der Waals surface area contributed by atoms with Crippen LogP contribution >= 0.6 is 0 Å². The van der Waals surface area contributed by atoms with E-state index in [4.69, 9.17) is 4.74 Å². The van der Waals surface area contributed by atoms with Gasteiger partial charge in [-0.2, -0.15) is 0 Å². The maximum Gasteiger partial charge on any atom is 0.215 e. The summed E-state index contributed by atoms with van der Waals surface area (Å²) >= 11 is 0. The number of ether oxygens (including phenoxy) is 1. The van der Waals surface area contributed by atoms with Crippen LogP contribution in [0.15, 0.2) is 85.7 Å². The van der Waals surface area contributed by atoms with Crippen molar-refractivity contribution >= 4 is 16.8 Å². The number of benzene rings is 2. The average molecular weight is 395 g/mol. The lowest BCUT2D eigenvalue weighted by Gasteiger charge is -2.31. The van der Waals surface area contributed by atoms with Crippen molar-refractivity contribution in [2.24, 2.45) is 0 Å².